The van der Waals surface area contributed by atoms with Gasteiger partial charge in [0.25, 0.3) is 0 Å². The quantitative estimate of drug-likeness (QED) is 0.819. The third-order valence-corrected chi connectivity index (χ3v) is 3.83. The van der Waals surface area contributed by atoms with Crippen LogP contribution in [0.3, 0.4) is 0 Å². The van der Waals surface area contributed by atoms with Crippen molar-refractivity contribution in [1.29, 1.82) is 0 Å². The monoisotopic (exact) mass is 290 g/mol. The van der Waals surface area contributed by atoms with E-state index in [1.54, 1.807) is 0 Å². The van der Waals surface area contributed by atoms with Crippen LogP contribution in [-0.2, 0) is 0 Å². The van der Waals surface area contributed by atoms with E-state index < -0.39 is 0 Å². The lowest BCUT2D eigenvalue weighted by molar-refractivity contribution is 0.274. The van der Waals surface area contributed by atoms with Gasteiger partial charge < -0.3 is 5.32 Å². The molecule has 0 radical (unpaired) electrons. The second-order valence-electron chi connectivity index (χ2n) is 7.96. The van der Waals surface area contributed by atoms with Crippen molar-refractivity contribution in [3.05, 3.63) is 23.3 Å². The molecule has 2 N–H and O–H groups in total. The number of fused-ring (bicyclic) bond motifs is 1. The summed E-state index contributed by atoms with van der Waals surface area (Å²) < 4.78 is 0. The fourth-order valence-electron chi connectivity index (χ4n) is 2.54. The van der Waals surface area contributed by atoms with Gasteiger partial charge in [0.2, 0.25) is 0 Å². The van der Waals surface area contributed by atoms with E-state index in [2.05, 4.69) is 70.4 Å². The summed E-state index contributed by atoms with van der Waals surface area (Å²) in [5.41, 5.74) is 8.38. The molecule has 0 aliphatic carbocycles. The summed E-state index contributed by atoms with van der Waals surface area (Å²) in [6, 6.07) is 0. The molecule has 2 aliphatic heterocycles. The third-order valence-electron chi connectivity index (χ3n) is 3.83. The number of allylic oxidation sites excluding steroid dienone is 1. The van der Waals surface area contributed by atoms with Crippen molar-refractivity contribution in [2.75, 3.05) is 13.1 Å². The van der Waals surface area contributed by atoms with Crippen LogP contribution in [0.25, 0.3) is 0 Å². The maximum atomic E-state index is 5.05. The van der Waals surface area contributed by atoms with Crippen molar-refractivity contribution in [2.24, 2.45) is 15.8 Å². The first-order valence-corrected chi connectivity index (χ1v) is 7.95. The van der Waals surface area contributed by atoms with Crippen LogP contribution in [0.2, 0.25) is 0 Å². The summed E-state index contributed by atoms with van der Waals surface area (Å²) in [5.74, 6) is 0. The average Bonchev–Trinajstić information content (AvgIpc) is 2.55. The molecule has 0 spiro atoms. The molecular weight excluding hydrogens is 260 g/mol. The van der Waals surface area contributed by atoms with E-state index in [4.69, 9.17) is 4.99 Å². The van der Waals surface area contributed by atoms with Gasteiger partial charge in [-0.1, -0.05) is 48.5 Å². The van der Waals surface area contributed by atoms with Gasteiger partial charge in [0.1, 0.15) is 11.4 Å². The van der Waals surface area contributed by atoms with Gasteiger partial charge in [0.15, 0.2) is 0 Å². The number of aliphatic imine (C=N–C) groups is 1. The lowest BCUT2D eigenvalue weighted by Crippen LogP contribution is -2.35. The normalized spacial score (nSPS) is 19.5. The second kappa shape index (κ2) is 5.39. The molecule has 118 valence electrons. The molecule has 0 atom stereocenters. The van der Waals surface area contributed by atoms with Crippen LogP contribution in [-0.4, -0.2) is 23.8 Å². The molecule has 0 saturated heterocycles. The Labute approximate surface area is 129 Å². The molecule has 21 heavy (non-hydrogen) atoms. The molecule has 0 bridgehead atoms. The summed E-state index contributed by atoms with van der Waals surface area (Å²) in [4.78, 5) is 5.05. The maximum absolute atomic E-state index is 5.05. The summed E-state index contributed by atoms with van der Waals surface area (Å²) in [6.45, 7) is 17.4. The number of hydrazine groups is 1. The molecular formula is C17H30N4. The van der Waals surface area contributed by atoms with E-state index in [-0.39, 0.29) is 10.8 Å². The standard InChI is InChI=1S/C17H30N4/c1-8-9-21-12-10-18-11-13(16(2,3)4)19-14(12)15(20-21)17(5,6)7/h10,18,20H,8-9,11H2,1-7H3. The zero-order chi connectivity index (χ0) is 15.8. The minimum atomic E-state index is 0.0494. The molecule has 0 amide bonds. The fraction of sp³-hybridized carbons (Fsp3) is 0.706. The van der Waals surface area contributed by atoms with E-state index in [1.165, 1.54) is 17.1 Å². The second-order valence-corrected chi connectivity index (χ2v) is 7.96. The van der Waals surface area contributed by atoms with Crippen LogP contribution >= 0.6 is 0 Å². The zero-order valence-electron chi connectivity index (χ0n) is 14.6. The topological polar surface area (TPSA) is 39.7 Å². The number of nitrogens with zero attached hydrogens (tertiary/aromatic N) is 2. The predicted octanol–water partition coefficient (Wildman–Crippen LogP) is 3.41. The highest BCUT2D eigenvalue weighted by Gasteiger charge is 2.35. The summed E-state index contributed by atoms with van der Waals surface area (Å²) in [6.07, 6.45) is 3.21. The third kappa shape index (κ3) is 3.25. The molecule has 0 aromatic heterocycles. The first-order chi connectivity index (χ1) is 9.64. The molecule has 4 heteroatoms. The summed E-state index contributed by atoms with van der Waals surface area (Å²) in [7, 11) is 0. The Morgan fingerprint density at radius 1 is 1.14 bits per heavy atom. The highest BCUT2D eigenvalue weighted by Crippen LogP contribution is 2.37. The largest absolute Gasteiger partial charge is 0.384 e. The van der Waals surface area contributed by atoms with Crippen molar-refractivity contribution in [2.45, 2.75) is 54.9 Å². The van der Waals surface area contributed by atoms with Gasteiger partial charge in [-0.05, 0) is 6.42 Å². The highest BCUT2D eigenvalue weighted by atomic mass is 15.5. The van der Waals surface area contributed by atoms with Gasteiger partial charge in [0.05, 0.1) is 12.2 Å². The highest BCUT2D eigenvalue weighted by molar-refractivity contribution is 5.92. The molecule has 0 aromatic carbocycles. The molecule has 0 unspecified atom stereocenters. The van der Waals surface area contributed by atoms with Gasteiger partial charge in [-0.2, -0.15) is 0 Å². The van der Waals surface area contributed by atoms with E-state index >= 15 is 0 Å². The maximum Gasteiger partial charge on any atom is 0.111 e. The van der Waals surface area contributed by atoms with Crippen LogP contribution in [0.4, 0.5) is 0 Å². The molecule has 2 aliphatic rings. The van der Waals surface area contributed by atoms with Gasteiger partial charge in [-0.25, -0.2) is 0 Å². The SMILES string of the molecule is CCCN1NC(C(C)(C)C)=C2N=C(C(C)(C)C)CNC=C21. The Morgan fingerprint density at radius 2 is 1.81 bits per heavy atom. The Balaban J connectivity index is 2.51. The van der Waals surface area contributed by atoms with Crippen LogP contribution in [0.5, 0.6) is 0 Å². The predicted molar refractivity (Wildman–Crippen MR) is 89.6 cm³/mol. The summed E-state index contributed by atoms with van der Waals surface area (Å²) >= 11 is 0. The molecule has 2 rings (SSSR count). The molecule has 0 aromatic rings. The molecule has 0 saturated carbocycles. The Morgan fingerprint density at radius 3 is 2.33 bits per heavy atom. The van der Waals surface area contributed by atoms with Gasteiger partial charge in [-0.3, -0.25) is 15.4 Å². The number of nitrogens with one attached hydrogen (secondary N) is 2. The van der Waals surface area contributed by atoms with Gasteiger partial charge >= 0.3 is 0 Å². The fourth-order valence-corrected chi connectivity index (χ4v) is 2.54. The van der Waals surface area contributed by atoms with Crippen molar-refractivity contribution >= 4 is 5.71 Å². The summed E-state index contributed by atoms with van der Waals surface area (Å²) in [5, 5.41) is 5.65. The Kier molecular flexibility index (Phi) is 4.09. The number of hydrogen-bond acceptors (Lipinski definition) is 4. The first-order valence-electron chi connectivity index (χ1n) is 7.95. The Bertz CT molecular complexity index is 498. The van der Waals surface area contributed by atoms with E-state index in [0.717, 1.165) is 25.2 Å². The molecule has 0 fully saturated rings. The Hall–Kier alpha value is -1.45. The van der Waals surface area contributed by atoms with Gasteiger partial charge in [-0.15, -0.1) is 0 Å². The first kappa shape index (κ1) is 15.9. The van der Waals surface area contributed by atoms with Crippen LogP contribution in [0.15, 0.2) is 28.3 Å². The van der Waals surface area contributed by atoms with E-state index in [0.29, 0.717) is 0 Å². The lowest BCUT2D eigenvalue weighted by atomic mass is 9.89. The minimum absolute atomic E-state index is 0.0494. The number of rotatable bonds is 2. The van der Waals surface area contributed by atoms with E-state index in [9.17, 15) is 0 Å². The van der Waals surface area contributed by atoms with Crippen LogP contribution < -0.4 is 10.7 Å². The molecule has 2 heterocycles. The number of hydrogen-bond donors (Lipinski definition) is 2. The van der Waals surface area contributed by atoms with Crippen LogP contribution in [0.1, 0.15) is 54.9 Å². The molecule has 4 nitrogen and oxygen atoms in total. The smallest absolute Gasteiger partial charge is 0.111 e. The zero-order valence-corrected chi connectivity index (χ0v) is 14.6. The average molecular weight is 290 g/mol. The van der Waals surface area contributed by atoms with Crippen molar-refractivity contribution < 1.29 is 0 Å². The van der Waals surface area contributed by atoms with Crippen LogP contribution in [0, 0.1) is 10.8 Å². The lowest BCUT2D eigenvalue weighted by Gasteiger charge is -2.26. The minimum Gasteiger partial charge on any atom is -0.384 e. The van der Waals surface area contributed by atoms with Gasteiger partial charge in [0, 0.05) is 29.3 Å². The van der Waals surface area contributed by atoms with Crippen molar-refractivity contribution in [3.63, 3.8) is 0 Å². The van der Waals surface area contributed by atoms with E-state index in [1.807, 2.05) is 0 Å². The van der Waals surface area contributed by atoms with Crippen molar-refractivity contribution in [1.82, 2.24) is 15.8 Å². The van der Waals surface area contributed by atoms with Crippen molar-refractivity contribution in [3.8, 4) is 0 Å².